The Morgan fingerprint density at radius 1 is 0.552 bits per heavy atom. The molecule has 0 aromatic rings. The number of aliphatic carboxylic acids is 1. The van der Waals surface area contributed by atoms with Gasteiger partial charge in [-0.25, -0.2) is 4.57 Å². The Bertz CT molecular complexity index is 1390. The molecule has 3 atom stereocenters. The van der Waals surface area contributed by atoms with Gasteiger partial charge in [-0.1, -0.05) is 136 Å². The molecule has 0 spiro atoms. The van der Waals surface area contributed by atoms with Crippen LogP contribution in [0.5, 0.6) is 0 Å². The summed E-state index contributed by atoms with van der Waals surface area (Å²) in [4.78, 5) is 45.9. The largest absolute Gasteiger partial charge is 0.480 e. The lowest BCUT2D eigenvalue weighted by Gasteiger charge is -2.20. The van der Waals surface area contributed by atoms with Crippen LogP contribution in [0.4, 0.5) is 0 Å². The second kappa shape index (κ2) is 39.9. The summed E-state index contributed by atoms with van der Waals surface area (Å²) < 4.78 is 32.5. The van der Waals surface area contributed by atoms with E-state index in [0.717, 1.165) is 64.2 Å². The van der Waals surface area contributed by atoms with Gasteiger partial charge < -0.3 is 25.2 Å². The third-order valence-electron chi connectivity index (χ3n) is 8.02. The first-order valence-corrected chi connectivity index (χ1v) is 22.4. The van der Waals surface area contributed by atoms with Crippen LogP contribution in [0.1, 0.15) is 129 Å². The number of allylic oxidation sites excluding steroid dienone is 18. The number of carboxylic acids is 1. The van der Waals surface area contributed by atoms with Gasteiger partial charge in [0.15, 0.2) is 6.10 Å². The zero-order valence-corrected chi connectivity index (χ0v) is 36.0. The van der Waals surface area contributed by atoms with E-state index in [2.05, 4.69) is 110 Å². The first-order chi connectivity index (χ1) is 28.1. The number of ether oxygens (including phenoxy) is 2. The second-order valence-electron chi connectivity index (χ2n) is 13.4. The number of carboxylic acid groups (broad SMARTS) is 1. The minimum atomic E-state index is -4.75. The molecule has 0 heterocycles. The molecule has 0 amide bonds. The molecule has 58 heavy (non-hydrogen) atoms. The summed E-state index contributed by atoms with van der Waals surface area (Å²) in [5.41, 5.74) is 5.32. The Hall–Kier alpha value is -3.86. The van der Waals surface area contributed by atoms with Gasteiger partial charge in [-0.3, -0.25) is 23.4 Å². The molecule has 0 saturated carbocycles. The molecular weight excluding hydrogens is 757 g/mol. The predicted octanol–water partition coefficient (Wildman–Crippen LogP) is 11.1. The van der Waals surface area contributed by atoms with E-state index in [1.54, 1.807) is 0 Å². The number of unbranched alkanes of at least 4 members (excludes halogenated alkanes) is 5. The number of carbonyl (C=O) groups excluding carboxylic acids is 2. The van der Waals surface area contributed by atoms with Gasteiger partial charge in [0.05, 0.1) is 13.2 Å². The molecule has 0 rings (SSSR count). The van der Waals surface area contributed by atoms with Crippen molar-refractivity contribution in [1.82, 2.24) is 0 Å². The topological polar surface area (TPSA) is 172 Å². The SMILES string of the molecule is CC/C=C\C/C=C\C/C=C\C/C=C\C/C=C\C/C=C\CCC(=O)O[C@H](COC(=O)CCCC/C=C\C/C=C\C/C=C\CCCCC)COP(=O)(O)OC[C@H](N)C(=O)O. The van der Waals surface area contributed by atoms with Gasteiger partial charge >= 0.3 is 25.7 Å². The van der Waals surface area contributed by atoms with Crippen molar-refractivity contribution in [3.05, 3.63) is 109 Å². The fourth-order valence-electron chi connectivity index (χ4n) is 4.74. The Balaban J connectivity index is 4.61. The maximum absolute atomic E-state index is 12.6. The zero-order chi connectivity index (χ0) is 42.8. The smallest absolute Gasteiger partial charge is 0.472 e. The summed E-state index contributed by atoms with van der Waals surface area (Å²) >= 11 is 0. The van der Waals surface area contributed by atoms with E-state index >= 15 is 0 Å². The number of rotatable bonds is 37. The van der Waals surface area contributed by atoms with Crippen molar-refractivity contribution in [2.24, 2.45) is 5.73 Å². The van der Waals surface area contributed by atoms with E-state index in [1.807, 2.05) is 18.2 Å². The average molecular weight is 830 g/mol. The summed E-state index contributed by atoms with van der Waals surface area (Å²) in [5, 5.41) is 8.88. The number of esters is 2. The fraction of sp³-hybridized carbons (Fsp3) is 0.543. The Kier molecular flexibility index (Phi) is 37.3. The van der Waals surface area contributed by atoms with Gasteiger partial charge in [-0.2, -0.15) is 0 Å². The number of hydrogen-bond donors (Lipinski definition) is 3. The van der Waals surface area contributed by atoms with Gasteiger partial charge in [0, 0.05) is 12.8 Å². The van der Waals surface area contributed by atoms with Crippen molar-refractivity contribution in [1.29, 1.82) is 0 Å². The van der Waals surface area contributed by atoms with Gasteiger partial charge in [0.1, 0.15) is 12.6 Å². The van der Waals surface area contributed by atoms with Crippen LogP contribution in [0.25, 0.3) is 0 Å². The Morgan fingerprint density at radius 3 is 1.45 bits per heavy atom. The summed E-state index contributed by atoms with van der Waals surface area (Å²) in [7, 11) is -4.75. The van der Waals surface area contributed by atoms with E-state index in [4.69, 9.17) is 24.8 Å². The second-order valence-corrected chi connectivity index (χ2v) is 14.8. The minimum Gasteiger partial charge on any atom is -0.480 e. The van der Waals surface area contributed by atoms with Crippen molar-refractivity contribution >= 4 is 25.7 Å². The highest BCUT2D eigenvalue weighted by molar-refractivity contribution is 7.47. The molecule has 0 saturated heterocycles. The summed E-state index contributed by atoms with van der Waals surface area (Å²) in [6, 6.07) is -1.54. The summed E-state index contributed by atoms with van der Waals surface area (Å²) in [6.45, 7) is 2.51. The molecule has 0 bridgehead atoms. The van der Waals surface area contributed by atoms with E-state index < -0.39 is 57.7 Å². The molecule has 0 aromatic carbocycles. The first-order valence-electron chi connectivity index (χ1n) is 20.9. The molecule has 1 unspecified atom stereocenters. The van der Waals surface area contributed by atoms with Crippen LogP contribution in [0.15, 0.2) is 109 Å². The lowest BCUT2D eigenvalue weighted by atomic mass is 10.1. The summed E-state index contributed by atoms with van der Waals surface area (Å²) in [6.07, 6.45) is 51.7. The number of nitrogens with two attached hydrogens (primary N) is 1. The average Bonchev–Trinajstić information content (AvgIpc) is 3.20. The van der Waals surface area contributed by atoms with Crippen LogP contribution in [-0.4, -0.2) is 59.9 Å². The van der Waals surface area contributed by atoms with E-state index in [9.17, 15) is 23.8 Å². The van der Waals surface area contributed by atoms with Crippen LogP contribution in [0.3, 0.4) is 0 Å². The van der Waals surface area contributed by atoms with E-state index in [1.165, 1.54) is 19.3 Å². The quantitative estimate of drug-likeness (QED) is 0.0235. The van der Waals surface area contributed by atoms with Crippen molar-refractivity contribution in [2.45, 2.75) is 142 Å². The zero-order valence-electron chi connectivity index (χ0n) is 35.1. The highest BCUT2D eigenvalue weighted by Gasteiger charge is 2.28. The monoisotopic (exact) mass is 829 g/mol. The molecule has 0 aromatic heterocycles. The highest BCUT2D eigenvalue weighted by atomic mass is 31.2. The Morgan fingerprint density at radius 2 is 0.983 bits per heavy atom. The standard InChI is InChI=1S/C46H72NO10P/c1-3-5-7-9-11-13-15-17-19-20-21-22-24-26-28-30-32-34-36-38-45(49)57-42(40-55-58(52,53)56-41-43(47)46(50)51)39-54-44(48)37-35-33-31-29-27-25-23-18-16-14-12-10-8-6-4-2/h5,7,11-14,17-19,21-23,26-29,32,34,42-43H,3-4,6,8-10,15-16,20,24-25,30-31,33,35-41,47H2,1-2H3,(H,50,51)(H,52,53)/b7-5-,13-11-,14-12-,19-17-,22-21-,23-18-,28-26-,29-27-,34-32-/t42-,43+/m1/s1. The number of hydrogen-bond acceptors (Lipinski definition) is 9. The molecular formula is C46H72NO10P. The van der Waals surface area contributed by atoms with E-state index in [-0.39, 0.29) is 12.8 Å². The molecule has 0 radical (unpaired) electrons. The van der Waals surface area contributed by atoms with Crippen LogP contribution in [0, 0.1) is 0 Å². The van der Waals surface area contributed by atoms with E-state index in [0.29, 0.717) is 19.3 Å². The lowest BCUT2D eigenvalue weighted by Crippen LogP contribution is -2.34. The van der Waals surface area contributed by atoms with Crippen LogP contribution >= 0.6 is 7.82 Å². The van der Waals surface area contributed by atoms with Gasteiger partial charge in [0.2, 0.25) is 0 Å². The number of phosphoric acid groups is 1. The molecule has 0 fully saturated rings. The number of phosphoric ester groups is 1. The first kappa shape index (κ1) is 54.1. The van der Waals surface area contributed by atoms with Crippen molar-refractivity contribution in [3.63, 3.8) is 0 Å². The normalized spacial score (nSPS) is 14.8. The number of carbonyl (C=O) groups is 3. The molecule has 4 N–H and O–H groups in total. The molecule has 11 nitrogen and oxygen atoms in total. The summed E-state index contributed by atoms with van der Waals surface area (Å²) in [5.74, 6) is -2.55. The fourth-order valence-corrected chi connectivity index (χ4v) is 5.52. The molecule has 0 aliphatic rings. The Labute approximate surface area is 348 Å². The van der Waals surface area contributed by atoms with Crippen LogP contribution < -0.4 is 5.73 Å². The van der Waals surface area contributed by atoms with Crippen molar-refractivity contribution in [3.8, 4) is 0 Å². The van der Waals surface area contributed by atoms with Crippen LogP contribution in [-0.2, 0) is 37.5 Å². The predicted molar refractivity (Wildman–Crippen MR) is 235 cm³/mol. The maximum atomic E-state index is 12.6. The highest BCUT2D eigenvalue weighted by Crippen LogP contribution is 2.43. The van der Waals surface area contributed by atoms with Crippen molar-refractivity contribution < 1.29 is 47.5 Å². The minimum absolute atomic E-state index is 0.0207. The third-order valence-corrected chi connectivity index (χ3v) is 8.97. The maximum Gasteiger partial charge on any atom is 0.472 e. The van der Waals surface area contributed by atoms with Crippen LogP contribution in [0.2, 0.25) is 0 Å². The molecule has 326 valence electrons. The van der Waals surface area contributed by atoms with Gasteiger partial charge in [0.25, 0.3) is 0 Å². The molecule has 0 aliphatic carbocycles. The van der Waals surface area contributed by atoms with Gasteiger partial charge in [-0.15, -0.1) is 0 Å². The molecule has 0 aliphatic heterocycles. The van der Waals surface area contributed by atoms with Crippen molar-refractivity contribution in [2.75, 3.05) is 19.8 Å². The molecule has 12 heteroatoms. The lowest BCUT2D eigenvalue weighted by molar-refractivity contribution is -0.161. The third kappa shape index (κ3) is 39.0. The van der Waals surface area contributed by atoms with Gasteiger partial charge in [-0.05, 0) is 89.9 Å².